The van der Waals surface area contributed by atoms with Crippen LogP contribution < -0.4 is 0 Å². The number of ether oxygens (including phenoxy) is 1. The van der Waals surface area contributed by atoms with Gasteiger partial charge in [0.1, 0.15) is 5.69 Å². The van der Waals surface area contributed by atoms with Crippen molar-refractivity contribution in [2.45, 2.75) is 31.6 Å². The van der Waals surface area contributed by atoms with E-state index >= 15 is 0 Å². The second-order valence-electron chi connectivity index (χ2n) is 15.6. The summed E-state index contributed by atoms with van der Waals surface area (Å²) < 4.78 is 5.56. The molecule has 11 rings (SSSR count). The summed E-state index contributed by atoms with van der Waals surface area (Å²) in [6, 6.07) is 46.5. The normalized spacial score (nSPS) is 15.6. The predicted molar refractivity (Wildman–Crippen MR) is 242 cm³/mol. The number of H-pyrrole nitrogens is 3. The molecule has 8 bridgehead atoms. The standard InChI is InChI=1S/C53H41N5O2/c1-2-60-53(59)52-37-30-39-38(29-36(37)31-54-52)50-48(34-19-11-5-12-20-34)44-27-25-42(56-44)46(32-15-7-3-8-16-32)40-23-24-41(55-40)47(33-17-9-4-10-18-33)43-26-28-45(57-43)49(51(39)58-50)35-21-13-6-14-22-35/h3-28,31,38-39,54-55,58H,2,29-30H2,1H3/t38-,39+/m0/s1. The number of rotatable bonds is 6. The highest BCUT2D eigenvalue weighted by molar-refractivity contribution is 5.97. The highest BCUT2D eigenvalue weighted by atomic mass is 16.5. The summed E-state index contributed by atoms with van der Waals surface area (Å²) in [4.78, 5) is 35.8. The van der Waals surface area contributed by atoms with Gasteiger partial charge in [-0.15, -0.1) is 0 Å². The van der Waals surface area contributed by atoms with Crippen molar-refractivity contribution in [2.75, 3.05) is 6.61 Å². The van der Waals surface area contributed by atoms with Crippen LogP contribution in [-0.2, 0) is 17.6 Å². The number of carbonyl (C=O) groups is 1. The van der Waals surface area contributed by atoms with E-state index in [2.05, 4.69) is 161 Å². The van der Waals surface area contributed by atoms with Crippen molar-refractivity contribution < 1.29 is 9.53 Å². The first-order valence-electron chi connectivity index (χ1n) is 20.7. The van der Waals surface area contributed by atoms with Crippen LogP contribution >= 0.6 is 0 Å². The number of hydrogen-bond acceptors (Lipinski definition) is 4. The summed E-state index contributed by atoms with van der Waals surface area (Å²) in [7, 11) is 0. The molecule has 0 fully saturated rings. The van der Waals surface area contributed by atoms with Crippen LogP contribution in [0.25, 0.3) is 79.8 Å². The van der Waals surface area contributed by atoms with Crippen LogP contribution in [0.3, 0.4) is 0 Å². The molecule has 0 saturated heterocycles. The summed E-state index contributed by atoms with van der Waals surface area (Å²) in [5.74, 6) is -0.279. The molecule has 0 spiro atoms. The van der Waals surface area contributed by atoms with Crippen molar-refractivity contribution in [2.24, 2.45) is 0 Å². The van der Waals surface area contributed by atoms with Crippen molar-refractivity contribution in [3.05, 3.63) is 191 Å². The molecular weight excluding hydrogens is 739 g/mol. The van der Waals surface area contributed by atoms with Gasteiger partial charge in [0.15, 0.2) is 0 Å². The molecule has 1 aliphatic carbocycles. The van der Waals surface area contributed by atoms with Crippen LogP contribution in [0.2, 0.25) is 0 Å². The maximum atomic E-state index is 13.4. The average Bonchev–Trinajstić information content (AvgIpc) is 4.16. The fourth-order valence-corrected chi connectivity index (χ4v) is 9.62. The second-order valence-corrected chi connectivity index (χ2v) is 15.6. The first kappa shape index (κ1) is 35.6. The molecule has 0 radical (unpaired) electrons. The molecule has 0 unspecified atom stereocenters. The Hall–Kier alpha value is -7.51. The van der Waals surface area contributed by atoms with E-state index < -0.39 is 0 Å². The minimum absolute atomic E-state index is 0.00906. The van der Waals surface area contributed by atoms with E-state index in [1.54, 1.807) is 0 Å². The Morgan fingerprint density at radius 1 is 0.550 bits per heavy atom. The SMILES string of the molecule is CCOC(=O)c1[nH]cc2c1C[C@H]1c3[nH]c(c(-c4ccccc4)c4nc(c(-c5ccccc5)c5ccc([nH]5)c(-c5ccccc5)c5nc(c3-c3ccccc3)C=C5)C=C4)[C@H]1C2. The molecule has 7 heteroatoms. The lowest BCUT2D eigenvalue weighted by Gasteiger charge is -2.28. The maximum absolute atomic E-state index is 13.4. The molecule has 7 nitrogen and oxygen atoms in total. The van der Waals surface area contributed by atoms with Gasteiger partial charge in [-0.05, 0) is 89.6 Å². The van der Waals surface area contributed by atoms with E-state index in [1.807, 2.05) is 25.3 Å². The Labute approximate surface area is 347 Å². The summed E-state index contributed by atoms with van der Waals surface area (Å²) in [6.07, 6.45) is 12.0. The topological polar surface area (TPSA) is 99.5 Å². The Morgan fingerprint density at radius 2 is 0.967 bits per heavy atom. The Bertz CT molecular complexity index is 3070. The van der Waals surface area contributed by atoms with E-state index in [1.165, 1.54) is 0 Å². The zero-order valence-electron chi connectivity index (χ0n) is 33.1. The molecule has 6 heterocycles. The highest BCUT2D eigenvalue weighted by Crippen LogP contribution is 2.52. The van der Waals surface area contributed by atoms with Crippen molar-refractivity contribution in [3.63, 3.8) is 0 Å². The molecule has 0 amide bonds. The Morgan fingerprint density at radius 3 is 1.42 bits per heavy atom. The number of aromatic nitrogens is 5. The number of benzene rings is 4. The number of nitrogens with one attached hydrogen (secondary N) is 3. The molecule has 3 aromatic heterocycles. The van der Waals surface area contributed by atoms with Gasteiger partial charge in [-0.25, -0.2) is 14.8 Å². The quantitative estimate of drug-likeness (QED) is 0.146. The Kier molecular flexibility index (Phi) is 8.73. The van der Waals surface area contributed by atoms with Gasteiger partial charge in [-0.1, -0.05) is 121 Å². The first-order valence-corrected chi connectivity index (χ1v) is 20.7. The third kappa shape index (κ3) is 6.01. The van der Waals surface area contributed by atoms with Crippen molar-refractivity contribution in [1.29, 1.82) is 0 Å². The van der Waals surface area contributed by atoms with E-state index in [9.17, 15) is 4.79 Å². The smallest absolute Gasteiger partial charge is 0.355 e. The number of hydrogen-bond donors (Lipinski definition) is 3. The van der Waals surface area contributed by atoms with Gasteiger partial charge in [0.05, 0.1) is 29.4 Å². The zero-order valence-corrected chi connectivity index (χ0v) is 33.1. The second kappa shape index (κ2) is 14.7. The predicted octanol–water partition coefficient (Wildman–Crippen LogP) is 12.2. The summed E-state index contributed by atoms with van der Waals surface area (Å²) in [5, 5.41) is 0. The van der Waals surface area contributed by atoms with Gasteiger partial charge in [0.25, 0.3) is 0 Å². The molecule has 60 heavy (non-hydrogen) atoms. The largest absolute Gasteiger partial charge is 0.461 e. The van der Waals surface area contributed by atoms with Crippen molar-refractivity contribution in [1.82, 2.24) is 24.9 Å². The van der Waals surface area contributed by atoms with Gasteiger partial charge in [0, 0.05) is 62.7 Å². The lowest BCUT2D eigenvalue weighted by molar-refractivity contribution is 0.0518. The minimum Gasteiger partial charge on any atom is -0.461 e. The number of carbonyl (C=O) groups excluding carboxylic acids is 1. The third-order valence-corrected chi connectivity index (χ3v) is 12.2. The van der Waals surface area contributed by atoms with Crippen LogP contribution in [0.5, 0.6) is 0 Å². The molecular formula is C53H41N5O2. The van der Waals surface area contributed by atoms with E-state index in [0.29, 0.717) is 18.7 Å². The highest BCUT2D eigenvalue weighted by Gasteiger charge is 2.41. The first-order chi connectivity index (χ1) is 29.6. The van der Waals surface area contributed by atoms with Crippen molar-refractivity contribution >= 4 is 41.3 Å². The van der Waals surface area contributed by atoms with Gasteiger partial charge >= 0.3 is 5.97 Å². The fourth-order valence-electron chi connectivity index (χ4n) is 9.62. The molecule has 4 aromatic carbocycles. The summed E-state index contributed by atoms with van der Waals surface area (Å²) in [6.45, 7) is 2.16. The number of esters is 1. The van der Waals surface area contributed by atoms with Crippen LogP contribution in [0, 0.1) is 0 Å². The van der Waals surface area contributed by atoms with Crippen molar-refractivity contribution in [3.8, 4) is 44.5 Å². The van der Waals surface area contributed by atoms with Gasteiger partial charge in [-0.3, -0.25) is 0 Å². The number of fused-ring (bicyclic) bond motifs is 12. The lowest BCUT2D eigenvalue weighted by Crippen LogP contribution is -2.20. The average molecular weight is 780 g/mol. The molecule has 290 valence electrons. The fraction of sp³-hybridized carbons (Fsp3) is 0.113. The zero-order chi connectivity index (χ0) is 40.2. The van der Waals surface area contributed by atoms with Gasteiger partial charge in [-0.2, -0.15) is 0 Å². The summed E-state index contributed by atoms with van der Waals surface area (Å²) in [5.41, 5.74) is 18.8. The molecule has 2 atom stereocenters. The summed E-state index contributed by atoms with van der Waals surface area (Å²) >= 11 is 0. The molecule has 3 aliphatic heterocycles. The molecule has 7 aromatic rings. The number of nitrogens with zero attached hydrogens (tertiary/aromatic N) is 2. The lowest BCUT2D eigenvalue weighted by atomic mass is 9.73. The number of aromatic amines is 3. The molecule has 0 saturated carbocycles. The van der Waals surface area contributed by atoms with Crippen LogP contribution in [0.4, 0.5) is 0 Å². The Balaban J connectivity index is 1.31. The van der Waals surface area contributed by atoms with Gasteiger partial charge in [0.2, 0.25) is 0 Å². The van der Waals surface area contributed by atoms with E-state index in [4.69, 9.17) is 14.7 Å². The monoisotopic (exact) mass is 779 g/mol. The third-order valence-electron chi connectivity index (χ3n) is 12.2. The maximum Gasteiger partial charge on any atom is 0.355 e. The van der Waals surface area contributed by atoms with Crippen LogP contribution in [-0.4, -0.2) is 37.5 Å². The minimum atomic E-state index is -0.319. The van der Waals surface area contributed by atoms with Crippen LogP contribution in [0.15, 0.2) is 140 Å². The van der Waals surface area contributed by atoms with Crippen LogP contribution in [0.1, 0.15) is 74.5 Å². The van der Waals surface area contributed by atoms with E-state index in [-0.39, 0.29) is 17.8 Å². The van der Waals surface area contributed by atoms with E-state index in [0.717, 1.165) is 107 Å². The molecule has 3 N–H and O–H groups in total. The van der Waals surface area contributed by atoms with Gasteiger partial charge < -0.3 is 19.7 Å². The molecule has 4 aliphatic rings.